The third kappa shape index (κ3) is 3.55. The van der Waals surface area contributed by atoms with E-state index in [0.29, 0.717) is 25.2 Å². The molecule has 0 unspecified atom stereocenters. The van der Waals surface area contributed by atoms with Gasteiger partial charge in [-0.15, -0.1) is 0 Å². The van der Waals surface area contributed by atoms with Gasteiger partial charge in [-0.3, -0.25) is 0 Å². The van der Waals surface area contributed by atoms with Crippen molar-refractivity contribution in [2.24, 2.45) is 5.41 Å². The number of ether oxygens (including phenoxy) is 2. The van der Waals surface area contributed by atoms with Crippen LogP contribution >= 0.6 is 0 Å². The molecule has 0 aromatic heterocycles. The molecule has 0 radical (unpaired) electrons. The molecule has 100 valence electrons. The molecular formula is C15H17NO3. The molecular weight excluding hydrogens is 242 g/mol. The average molecular weight is 259 g/mol. The molecule has 1 saturated carbocycles. The van der Waals surface area contributed by atoms with Gasteiger partial charge in [-0.05, 0) is 30.5 Å². The van der Waals surface area contributed by atoms with E-state index < -0.39 is 0 Å². The first-order chi connectivity index (χ1) is 9.19. The Labute approximate surface area is 112 Å². The summed E-state index contributed by atoms with van der Waals surface area (Å²) >= 11 is 0. The summed E-state index contributed by atoms with van der Waals surface area (Å²) in [5, 5.41) is 8.72. The maximum absolute atomic E-state index is 11.9. The van der Waals surface area contributed by atoms with E-state index in [4.69, 9.17) is 14.7 Å². The van der Waals surface area contributed by atoms with Crippen molar-refractivity contribution in [2.45, 2.75) is 25.9 Å². The number of nitrogens with zero attached hydrogens (tertiary/aromatic N) is 1. The predicted molar refractivity (Wildman–Crippen MR) is 69.3 cm³/mol. The van der Waals surface area contributed by atoms with Gasteiger partial charge < -0.3 is 9.47 Å². The van der Waals surface area contributed by atoms with Gasteiger partial charge in [-0.2, -0.15) is 5.26 Å². The maximum Gasteiger partial charge on any atom is 0.338 e. The zero-order valence-corrected chi connectivity index (χ0v) is 11.0. The summed E-state index contributed by atoms with van der Waals surface area (Å²) in [6.45, 7) is 0.813. The first-order valence-electron chi connectivity index (χ1n) is 6.31. The Hall–Kier alpha value is -1.86. The predicted octanol–water partition coefficient (Wildman–Crippen LogP) is 2.68. The second kappa shape index (κ2) is 5.85. The normalized spacial score (nSPS) is 15.6. The number of esters is 1. The Morgan fingerprint density at radius 2 is 2.26 bits per heavy atom. The van der Waals surface area contributed by atoms with E-state index in [1.165, 1.54) is 0 Å². The largest absolute Gasteiger partial charge is 0.461 e. The number of carbonyl (C=O) groups excluding carboxylic acids is 1. The highest BCUT2D eigenvalue weighted by Crippen LogP contribution is 2.48. The van der Waals surface area contributed by atoms with Gasteiger partial charge in [0.2, 0.25) is 0 Å². The highest BCUT2D eigenvalue weighted by Gasteiger charge is 2.43. The summed E-state index contributed by atoms with van der Waals surface area (Å²) in [7, 11) is 1.61. The van der Waals surface area contributed by atoms with Gasteiger partial charge >= 0.3 is 5.97 Å². The molecule has 0 saturated heterocycles. The number of benzene rings is 1. The zero-order chi connectivity index (χ0) is 13.7. The van der Waals surface area contributed by atoms with Crippen molar-refractivity contribution in [3.63, 3.8) is 0 Å². The average Bonchev–Trinajstić information content (AvgIpc) is 3.17. The Morgan fingerprint density at radius 3 is 2.89 bits per heavy atom. The second-order valence-electron chi connectivity index (χ2n) is 5.04. The van der Waals surface area contributed by atoms with Gasteiger partial charge in [0, 0.05) is 18.9 Å². The van der Waals surface area contributed by atoms with Gasteiger partial charge in [0.25, 0.3) is 0 Å². The third-order valence-electron chi connectivity index (χ3n) is 3.39. The van der Waals surface area contributed by atoms with Crippen LogP contribution in [-0.4, -0.2) is 19.7 Å². The van der Waals surface area contributed by atoms with Gasteiger partial charge in [-0.25, -0.2) is 4.79 Å². The molecule has 1 aliphatic rings. The van der Waals surface area contributed by atoms with Crippen LogP contribution in [0.1, 0.15) is 35.2 Å². The van der Waals surface area contributed by atoms with Crippen molar-refractivity contribution in [1.82, 2.24) is 0 Å². The van der Waals surface area contributed by atoms with Crippen LogP contribution in [-0.2, 0) is 16.1 Å². The van der Waals surface area contributed by atoms with Crippen LogP contribution in [0, 0.1) is 16.7 Å². The molecule has 0 bridgehead atoms. The Kier molecular flexibility index (Phi) is 4.18. The van der Waals surface area contributed by atoms with Gasteiger partial charge in [0.1, 0.15) is 0 Å². The van der Waals surface area contributed by atoms with Crippen molar-refractivity contribution in [3.8, 4) is 6.07 Å². The van der Waals surface area contributed by atoms with Crippen LogP contribution in [0.15, 0.2) is 24.3 Å². The number of nitriles is 1. The molecule has 0 heterocycles. The van der Waals surface area contributed by atoms with Gasteiger partial charge in [0.15, 0.2) is 0 Å². The van der Waals surface area contributed by atoms with Crippen LogP contribution in [0.5, 0.6) is 0 Å². The minimum atomic E-state index is -0.331. The number of rotatable bonds is 6. The van der Waals surface area contributed by atoms with Crippen molar-refractivity contribution >= 4 is 5.97 Å². The monoisotopic (exact) mass is 259 g/mol. The maximum atomic E-state index is 11.9. The molecule has 1 aromatic rings. The Morgan fingerprint density at radius 1 is 1.47 bits per heavy atom. The van der Waals surface area contributed by atoms with Crippen LogP contribution in [0.3, 0.4) is 0 Å². The molecule has 4 heteroatoms. The van der Waals surface area contributed by atoms with E-state index in [2.05, 4.69) is 6.07 Å². The first kappa shape index (κ1) is 13.6. The van der Waals surface area contributed by atoms with E-state index in [1.807, 2.05) is 12.1 Å². The fourth-order valence-corrected chi connectivity index (χ4v) is 1.97. The molecule has 0 atom stereocenters. The minimum absolute atomic E-state index is 0.0749. The lowest BCUT2D eigenvalue weighted by atomic mass is 10.1. The summed E-state index contributed by atoms with van der Waals surface area (Å²) in [6.07, 6.45) is 2.40. The summed E-state index contributed by atoms with van der Waals surface area (Å²) in [6, 6.07) is 9.37. The number of hydrogen-bond acceptors (Lipinski definition) is 4. The van der Waals surface area contributed by atoms with Gasteiger partial charge in [0.05, 0.1) is 24.8 Å². The molecule has 0 spiro atoms. The molecule has 0 aliphatic heterocycles. The summed E-state index contributed by atoms with van der Waals surface area (Å²) in [5.74, 6) is -0.331. The number of carbonyl (C=O) groups is 1. The van der Waals surface area contributed by atoms with Crippen LogP contribution in [0.2, 0.25) is 0 Å². The lowest BCUT2D eigenvalue weighted by Gasteiger charge is -2.12. The summed E-state index contributed by atoms with van der Waals surface area (Å²) in [4.78, 5) is 11.9. The van der Waals surface area contributed by atoms with Crippen molar-refractivity contribution in [2.75, 3.05) is 13.7 Å². The van der Waals surface area contributed by atoms with E-state index in [-0.39, 0.29) is 11.4 Å². The molecule has 19 heavy (non-hydrogen) atoms. The molecule has 2 rings (SSSR count). The summed E-state index contributed by atoms with van der Waals surface area (Å²) in [5.41, 5.74) is 1.39. The van der Waals surface area contributed by atoms with Crippen molar-refractivity contribution in [1.29, 1.82) is 5.26 Å². The minimum Gasteiger partial charge on any atom is -0.461 e. The molecule has 0 N–H and O–H groups in total. The van der Waals surface area contributed by atoms with E-state index in [9.17, 15) is 4.79 Å². The number of hydrogen-bond donors (Lipinski definition) is 0. The van der Waals surface area contributed by atoms with Crippen molar-refractivity contribution in [3.05, 3.63) is 35.4 Å². The van der Waals surface area contributed by atoms with Crippen molar-refractivity contribution < 1.29 is 14.3 Å². The number of methoxy groups -OCH3 is 1. The quantitative estimate of drug-likeness (QED) is 0.737. The van der Waals surface area contributed by atoms with E-state index >= 15 is 0 Å². The van der Waals surface area contributed by atoms with E-state index in [0.717, 1.165) is 18.4 Å². The highest BCUT2D eigenvalue weighted by atomic mass is 16.5. The second-order valence-corrected chi connectivity index (χ2v) is 5.04. The lowest BCUT2D eigenvalue weighted by molar-refractivity contribution is 0.0419. The van der Waals surface area contributed by atoms with E-state index in [1.54, 1.807) is 19.2 Å². The van der Waals surface area contributed by atoms with Crippen LogP contribution < -0.4 is 0 Å². The summed E-state index contributed by atoms with van der Waals surface area (Å²) < 4.78 is 10.3. The highest BCUT2D eigenvalue weighted by molar-refractivity contribution is 5.89. The standard InChI is InChI=1S/C15H17NO3/c1-18-10-12-3-2-4-13(9-12)14(17)19-11-15(5-6-15)7-8-16/h2-4,9H,5-7,10-11H2,1H3. The molecule has 4 nitrogen and oxygen atoms in total. The third-order valence-corrected chi connectivity index (χ3v) is 3.39. The Bertz CT molecular complexity index is 500. The van der Waals surface area contributed by atoms with Crippen LogP contribution in [0.4, 0.5) is 0 Å². The van der Waals surface area contributed by atoms with Crippen LogP contribution in [0.25, 0.3) is 0 Å². The molecule has 0 amide bonds. The lowest BCUT2D eigenvalue weighted by Crippen LogP contribution is -2.15. The fraction of sp³-hybridized carbons (Fsp3) is 0.467. The first-order valence-corrected chi connectivity index (χ1v) is 6.31. The molecule has 1 fully saturated rings. The molecule has 1 aromatic carbocycles. The SMILES string of the molecule is COCc1cccc(C(=O)OCC2(CC#N)CC2)c1. The Balaban J connectivity index is 1.93. The smallest absolute Gasteiger partial charge is 0.338 e. The topological polar surface area (TPSA) is 59.3 Å². The van der Waals surface area contributed by atoms with Gasteiger partial charge in [-0.1, -0.05) is 12.1 Å². The fourth-order valence-electron chi connectivity index (χ4n) is 1.97. The zero-order valence-electron chi connectivity index (χ0n) is 11.0. The molecule has 1 aliphatic carbocycles.